The molecule has 1 fully saturated rings. The van der Waals surface area contributed by atoms with Crippen molar-refractivity contribution in [2.45, 2.75) is 24.3 Å². The third kappa shape index (κ3) is 3.08. The summed E-state index contributed by atoms with van der Waals surface area (Å²) in [6, 6.07) is 9.15. The molecular formula is C19H21FN4O2S. The molecule has 1 aliphatic rings. The van der Waals surface area contributed by atoms with Crippen molar-refractivity contribution in [2.75, 3.05) is 24.5 Å². The molecule has 0 bridgehead atoms. The van der Waals surface area contributed by atoms with E-state index in [1.54, 1.807) is 24.5 Å². The van der Waals surface area contributed by atoms with Gasteiger partial charge in [-0.25, -0.2) is 16.8 Å². The van der Waals surface area contributed by atoms with Crippen LogP contribution in [-0.2, 0) is 10.0 Å². The van der Waals surface area contributed by atoms with Gasteiger partial charge in [-0.05, 0) is 30.7 Å². The number of hydrogen-bond donors (Lipinski definition) is 1. The van der Waals surface area contributed by atoms with Crippen LogP contribution in [0.3, 0.4) is 0 Å². The van der Waals surface area contributed by atoms with Gasteiger partial charge in [0.2, 0.25) is 0 Å². The van der Waals surface area contributed by atoms with Crippen molar-refractivity contribution < 1.29 is 12.8 Å². The molecule has 0 unspecified atom stereocenters. The summed E-state index contributed by atoms with van der Waals surface area (Å²) in [5.41, 5.74) is 1.81. The van der Waals surface area contributed by atoms with Crippen molar-refractivity contribution >= 4 is 26.7 Å². The van der Waals surface area contributed by atoms with E-state index in [1.165, 1.54) is 18.2 Å². The van der Waals surface area contributed by atoms with Crippen molar-refractivity contribution in [3.63, 3.8) is 0 Å². The first-order valence-corrected chi connectivity index (χ1v) is 10.4. The van der Waals surface area contributed by atoms with Crippen LogP contribution < -0.4 is 10.2 Å². The van der Waals surface area contributed by atoms with Gasteiger partial charge in [0.25, 0.3) is 10.0 Å². The molecule has 6 nitrogen and oxygen atoms in total. The highest BCUT2D eigenvalue weighted by Crippen LogP contribution is 2.31. The van der Waals surface area contributed by atoms with Crippen LogP contribution in [0, 0.1) is 5.82 Å². The lowest BCUT2D eigenvalue weighted by Crippen LogP contribution is -2.50. The topological polar surface area (TPSA) is 67.2 Å². The van der Waals surface area contributed by atoms with Gasteiger partial charge in [0.05, 0.1) is 11.2 Å². The summed E-state index contributed by atoms with van der Waals surface area (Å²) in [7, 11) is -4.07. The second-order valence-electron chi connectivity index (χ2n) is 6.62. The molecular weight excluding hydrogens is 367 g/mol. The Morgan fingerprint density at radius 3 is 2.85 bits per heavy atom. The maximum atomic E-state index is 14.2. The predicted octanol–water partition coefficient (Wildman–Crippen LogP) is 2.60. The summed E-state index contributed by atoms with van der Waals surface area (Å²) in [5, 5.41) is 3.45. The smallest absolute Gasteiger partial charge is 0.271 e. The number of halogens is 1. The van der Waals surface area contributed by atoms with Gasteiger partial charge in [-0.1, -0.05) is 19.1 Å². The van der Waals surface area contributed by atoms with E-state index in [0.717, 1.165) is 41.8 Å². The number of rotatable bonds is 4. The van der Waals surface area contributed by atoms with Gasteiger partial charge in [0.15, 0.2) is 0 Å². The van der Waals surface area contributed by atoms with E-state index in [1.807, 2.05) is 0 Å². The number of piperazine rings is 1. The minimum Gasteiger partial charge on any atom is -0.366 e. The molecule has 0 saturated carbocycles. The standard InChI is InChI=1S/C19H21FN4O2S/c1-2-14-12-23(11-10-21-14)17-13-24(16-7-5-9-22-19(16)17)27(25,26)18-8-4-3-6-15(18)20/h3-9,13-14,21H,2,10-12H2,1H3/t14-/m1/s1. The number of benzene rings is 1. The van der Waals surface area contributed by atoms with Crippen LogP contribution in [0.2, 0.25) is 0 Å². The Balaban J connectivity index is 1.87. The molecule has 3 aromatic rings. The first-order valence-electron chi connectivity index (χ1n) is 8.97. The third-order valence-electron chi connectivity index (χ3n) is 4.97. The van der Waals surface area contributed by atoms with Gasteiger partial charge in [-0.15, -0.1) is 0 Å². The zero-order valence-corrected chi connectivity index (χ0v) is 15.8. The van der Waals surface area contributed by atoms with Crippen molar-refractivity contribution in [3.05, 3.63) is 54.6 Å². The van der Waals surface area contributed by atoms with Crippen molar-refractivity contribution in [1.29, 1.82) is 0 Å². The van der Waals surface area contributed by atoms with Gasteiger partial charge >= 0.3 is 0 Å². The van der Waals surface area contributed by atoms with Gasteiger partial charge in [-0.2, -0.15) is 0 Å². The van der Waals surface area contributed by atoms with Crippen LogP contribution in [0.4, 0.5) is 10.1 Å². The van der Waals surface area contributed by atoms with Crippen LogP contribution >= 0.6 is 0 Å². The maximum Gasteiger partial charge on any atom is 0.271 e. The fourth-order valence-corrected chi connectivity index (χ4v) is 4.94. The summed E-state index contributed by atoms with van der Waals surface area (Å²) in [6.45, 7) is 4.46. The summed E-state index contributed by atoms with van der Waals surface area (Å²) in [5.74, 6) is -0.766. The van der Waals surface area contributed by atoms with Crippen molar-refractivity contribution in [2.24, 2.45) is 0 Å². The SMILES string of the molecule is CC[C@@H]1CN(c2cn(S(=O)(=O)c3ccccc3F)c3cccnc23)CCN1. The average Bonchev–Trinajstić information content (AvgIpc) is 3.09. The Morgan fingerprint density at radius 2 is 2.07 bits per heavy atom. The number of aromatic nitrogens is 2. The Bertz CT molecular complexity index is 1080. The lowest BCUT2D eigenvalue weighted by Gasteiger charge is -2.34. The molecule has 1 saturated heterocycles. The fourth-order valence-electron chi connectivity index (χ4n) is 3.52. The zero-order valence-electron chi connectivity index (χ0n) is 15.0. The van der Waals surface area contributed by atoms with Crippen LogP contribution in [0.5, 0.6) is 0 Å². The van der Waals surface area contributed by atoms with E-state index in [9.17, 15) is 12.8 Å². The van der Waals surface area contributed by atoms with Crippen molar-refractivity contribution in [3.8, 4) is 0 Å². The Labute approximate surface area is 157 Å². The Kier molecular flexibility index (Phi) is 4.61. The van der Waals surface area contributed by atoms with Gasteiger partial charge in [-0.3, -0.25) is 4.98 Å². The molecule has 2 aromatic heterocycles. The number of nitrogens with one attached hydrogen (secondary N) is 1. The molecule has 0 aliphatic carbocycles. The van der Waals surface area contributed by atoms with Crippen LogP contribution in [0.1, 0.15) is 13.3 Å². The number of anilines is 1. The van der Waals surface area contributed by atoms with Crippen molar-refractivity contribution in [1.82, 2.24) is 14.3 Å². The van der Waals surface area contributed by atoms with E-state index in [-0.39, 0.29) is 4.90 Å². The van der Waals surface area contributed by atoms with Gasteiger partial charge in [0.1, 0.15) is 16.2 Å². The minimum absolute atomic E-state index is 0.337. The van der Waals surface area contributed by atoms with Gasteiger partial charge < -0.3 is 10.2 Å². The third-order valence-corrected chi connectivity index (χ3v) is 6.68. The summed E-state index contributed by atoms with van der Waals surface area (Å²) >= 11 is 0. The highest BCUT2D eigenvalue weighted by Gasteiger charge is 2.27. The molecule has 1 aromatic carbocycles. The number of fused-ring (bicyclic) bond motifs is 1. The number of pyridine rings is 1. The summed E-state index contributed by atoms with van der Waals surface area (Å²) < 4.78 is 41.6. The lowest BCUT2D eigenvalue weighted by atomic mass is 10.1. The van der Waals surface area contributed by atoms with Crippen LogP contribution in [0.25, 0.3) is 11.0 Å². The first kappa shape index (κ1) is 17.9. The highest BCUT2D eigenvalue weighted by molar-refractivity contribution is 7.90. The Hall–Kier alpha value is -2.45. The molecule has 4 rings (SSSR count). The molecule has 0 radical (unpaired) electrons. The Morgan fingerprint density at radius 1 is 1.26 bits per heavy atom. The second-order valence-corrected chi connectivity index (χ2v) is 8.41. The van der Waals surface area contributed by atoms with E-state index >= 15 is 0 Å². The maximum absolute atomic E-state index is 14.2. The molecule has 1 aliphatic heterocycles. The minimum atomic E-state index is -4.07. The van der Waals surface area contributed by atoms with Gasteiger partial charge in [0, 0.05) is 38.1 Å². The summed E-state index contributed by atoms with van der Waals surface area (Å²) in [6.07, 6.45) is 4.19. The van der Waals surface area contributed by atoms with E-state index < -0.39 is 15.8 Å². The molecule has 1 atom stereocenters. The monoisotopic (exact) mass is 388 g/mol. The van der Waals surface area contributed by atoms with E-state index in [4.69, 9.17) is 0 Å². The molecule has 8 heteroatoms. The molecule has 0 spiro atoms. The number of nitrogens with zero attached hydrogens (tertiary/aromatic N) is 3. The summed E-state index contributed by atoms with van der Waals surface area (Å²) in [4.78, 5) is 6.22. The largest absolute Gasteiger partial charge is 0.366 e. The molecule has 1 N–H and O–H groups in total. The molecule has 27 heavy (non-hydrogen) atoms. The van der Waals surface area contributed by atoms with Crippen LogP contribution in [-0.4, -0.2) is 43.1 Å². The molecule has 142 valence electrons. The van der Waals surface area contributed by atoms with Crippen LogP contribution in [0.15, 0.2) is 53.7 Å². The second kappa shape index (κ2) is 6.94. The average molecular weight is 388 g/mol. The van der Waals surface area contributed by atoms with E-state index in [2.05, 4.69) is 22.1 Å². The highest BCUT2D eigenvalue weighted by atomic mass is 32.2. The fraction of sp³-hybridized carbons (Fsp3) is 0.316. The molecule has 3 heterocycles. The zero-order chi connectivity index (χ0) is 19.0. The van der Waals surface area contributed by atoms with E-state index in [0.29, 0.717) is 17.1 Å². The molecule has 0 amide bonds. The normalized spacial score (nSPS) is 18.1. The quantitative estimate of drug-likeness (QED) is 0.744. The first-order chi connectivity index (χ1) is 13.0. The predicted molar refractivity (Wildman–Crippen MR) is 103 cm³/mol. The lowest BCUT2D eigenvalue weighted by molar-refractivity contribution is 0.447. The number of hydrogen-bond acceptors (Lipinski definition) is 5.